The zero-order chi connectivity index (χ0) is 33.2. The Morgan fingerprint density at radius 1 is 0.886 bits per heavy atom. The molecule has 0 unspecified atom stereocenters. The van der Waals surface area contributed by atoms with Crippen LogP contribution in [0.5, 0.6) is 0 Å². The number of hydrogen-bond donors (Lipinski definition) is 7. The first-order valence-electron chi connectivity index (χ1n) is 14.3. The lowest BCUT2D eigenvalue weighted by atomic mass is 10.0. The van der Waals surface area contributed by atoms with Gasteiger partial charge < -0.3 is 52.6 Å². The van der Waals surface area contributed by atoms with E-state index in [0.717, 1.165) is 0 Å². The van der Waals surface area contributed by atoms with Crippen molar-refractivity contribution in [3.8, 4) is 0 Å². The van der Waals surface area contributed by atoms with Crippen LogP contribution in [0.2, 0.25) is 0 Å². The second-order valence-electron chi connectivity index (χ2n) is 10.7. The third-order valence-electron chi connectivity index (χ3n) is 6.28. The predicted octanol–water partition coefficient (Wildman–Crippen LogP) is -1.10. The highest BCUT2D eigenvalue weighted by molar-refractivity contribution is 5.98. The second-order valence-corrected chi connectivity index (χ2v) is 10.7. The van der Waals surface area contributed by atoms with Crippen LogP contribution >= 0.6 is 0 Å². The van der Waals surface area contributed by atoms with Crippen molar-refractivity contribution in [1.29, 1.82) is 0 Å². The van der Waals surface area contributed by atoms with Crippen LogP contribution in [0.1, 0.15) is 32.3 Å². The third-order valence-corrected chi connectivity index (χ3v) is 6.28. The Balaban J connectivity index is 2.86. The van der Waals surface area contributed by atoms with E-state index < -0.39 is 47.8 Å². The summed E-state index contributed by atoms with van der Waals surface area (Å²) >= 11 is 0. The fourth-order valence-electron chi connectivity index (χ4n) is 3.67. The van der Waals surface area contributed by atoms with Gasteiger partial charge >= 0.3 is 12.1 Å². The van der Waals surface area contributed by atoms with Crippen LogP contribution in [-0.4, -0.2) is 112 Å². The zero-order valence-electron chi connectivity index (χ0n) is 26.1. The molecule has 0 radical (unpaired) electrons. The number of nitrogens with zero attached hydrogens (tertiary/aromatic N) is 2. The summed E-state index contributed by atoms with van der Waals surface area (Å²) < 4.78 is 5.34. The van der Waals surface area contributed by atoms with Gasteiger partial charge in [0.1, 0.15) is 18.7 Å². The molecule has 0 fully saturated rings. The molecular weight excluding hydrogens is 574 g/mol. The average Bonchev–Trinajstić information content (AvgIpc) is 2.97. The van der Waals surface area contributed by atoms with Crippen molar-refractivity contribution in [3.05, 3.63) is 29.8 Å². The van der Waals surface area contributed by atoms with E-state index in [9.17, 15) is 28.8 Å². The van der Waals surface area contributed by atoms with E-state index in [1.807, 2.05) is 19.0 Å². The number of carbonyl (C=O) groups is 6. The van der Waals surface area contributed by atoms with Crippen LogP contribution in [0, 0.1) is 5.92 Å². The number of carbonyl (C=O) groups excluding carboxylic acids is 6. The first kappa shape index (κ1) is 37.6. The van der Waals surface area contributed by atoms with Gasteiger partial charge in [0.05, 0.1) is 13.1 Å². The minimum Gasteiger partial charge on any atom is -0.445 e. The molecule has 0 aliphatic heterocycles. The first-order chi connectivity index (χ1) is 20.7. The number of rotatable bonds is 18. The van der Waals surface area contributed by atoms with Crippen molar-refractivity contribution in [1.82, 2.24) is 31.1 Å². The maximum Gasteiger partial charge on any atom is 0.409 e. The van der Waals surface area contributed by atoms with E-state index in [1.54, 1.807) is 45.2 Å². The number of primary amides is 1. The Morgan fingerprint density at radius 2 is 1.55 bits per heavy atom. The predicted molar refractivity (Wildman–Crippen MR) is 164 cm³/mol. The lowest BCUT2D eigenvalue weighted by Gasteiger charge is -2.25. The number of anilines is 1. The summed E-state index contributed by atoms with van der Waals surface area (Å²) in [7, 11) is 5.48. The molecule has 7 amide bonds. The summed E-state index contributed by atoms with van der Waals surface area (Å²) in [5.74, 6) is -2.60. The maximum absolute atomic E-state index is 13.2. The average molecular weight is 622 g/mol. The van der Waals surface area contributed by atoms with E-state index >= 15 is 0 Å². The Kier molecular flexibility index (Phi) is 16.8. The van der Waals surface area contributed by atoms with Crippen LogP contribution < -0.4 is 38.1 Å². The highest BCUT2D eigenvalue weighted by Crippen LogP contribution is 2.13. The van der Waals surface area contributed by atoms with Gasteiger partial charge in [-0.25, -0.2) is 9.59 Å². The smallest absolute Gasteiger partial charge is 0.409 e. The molecule has 0 spiro atoms. The molecular formula is C28H47N9O7. The number of urea groups is 1. The van der Waals surface area contributed by atoms with Crippen molar-refractivity contribution in [2.24, 2.45) is 17.4 Å². The minimum atomic E-state index is -1.02. The molecule has 9 N–H and O–H groups in total. The summed E-state index contributed by atoms with van der Waals surface area (Å²) in [6.45, 7) is 4.23. The summed E-state index contributed by atoms with van der Waals surface area (Å²) in [6, 6.07) is 3.92. The molecule has 44 heavy (non-hydrogen) atoms. The molecule has 0 aliphatic rings. The van der Waals surface area contributed by atoms with E-state index in [-0.39, 0.29) is 38.6 Å². The van der Waals surface area contributed by atoms with Gasteiger partial charge in [0.2, 0.25) is 23.6 Å². The van der Waals surface area contributed by atoms with Crippen LogP contribution in [0.4, 0.5) is 15.3 Å². The highest BCUT2D eigenvalue weighted by Gasteiger charge is 2.29. The largest absolute Gasteiger partial charge is 0.445 e. The molecule has 2 atom stereocenters. The lowest BCUT2D eigenvalue weighted by molar-refractivity contribution is -0.132. The topological polar surface area (TPSA) is 230 Å². The molecule has 0 saturated carbocycles. The molecule has 1 aromatic rings. The SMILES string of the molecule is CC(C)[C@H](NC(=O)CNC(=O)CN)C(=O)N[C@@H](CCCNC(N)=O)C(=O)Nc1ccc(COC(=O)N(C)CCN(C)C)cc1. The van der Waals surface area contributed by atoms with Crippen molar-refractivity contribution in [2.45, 2.75) is 45.4 Å². The Bertz CT molecular complexity index is 1110. The fraction of sp³-hybridized carbons (Fsp3) is 0.571. The van der Waals surface area contributed by atoms with E-state index in [2.05, 4.69) is 26.6 Å². The Hall–Kier alpha value is -4.44. The first-order valence-corrected chi connectivity index (χ1v) is 14.3. The molecule has 16 nitrogen and oxygen atoms in total. The van der Waals surface area contributed by atoms with Gasteiger partial charge in [-0.05, 0) is 50.6 Å². The highest BCUT2D eigenvalue weighted by atomic mass is 16.6. The van der Waals surface area contributed by atoms with E-state index in [4.69, 9.17) is 16.2 Å². The zero-order valence-corrected chi connectivity index (χ0v) is 26.1. The molecule has 0 bridgehead atoms. The van der Waals surface area contributed by atoms with Gasteiger partial charge in [-0.1, -0.05) is 26.0 Å². The van der Waals surface area contributed by atoms with Crippen LogP contribution in [-0.2, 0) is 30.5 Å². The molecule has 16 heteroatoms. The number of nitrogens with one attached hydrogen (secondary N) is 5. The molecule has 0 saturated heterocycles. The number of ether oxygens (including phenoxy) is 1. The van der Waals surface area contributed by atoms with Gasteiger partial charge in [-0.15, -0.1) is 0 Å². The lowest BCUT2D eigenvalue weighted by Crippen LogP contribution is -2.55. The van der Waals surface area contributed by atoms with Gasteiger partial charge in [-0.2, -0.15) is 0 Å². The number of benzene rings is 1. The normalized spacial score (nSPS) is 12.1. The van der Waals surface area contributed by atoms with Crippen molar-refractivity contribution in [2.75, 3.05) is 59.2 Å². The molecule has 1 rings (SSSR count). The van der Waals surface area contributed by atoms with Crippen LogP contribution in [0.3, 0.4) is 0 Å². The van der Waals surface area contributed by atoms with E-state index in [0.29, 0.717) is 30.8 Å². The number of likely N-dealkylation sites (N-methyl/N-ethyl adjacent to an activating group) is 2. The summed E-state index contributed by atoms with van der Waals surface area (Å²) in [6.07, 6.45) is 0.0154. The van der Waals surface area contributed by atoms with Gasteiger partial charge in [-0.3, -0.25) is 19.2 Å². The van der Waals surface area contributed by atoms with Crippen LogP contribution in [0.15, 0.2) is 24.3 Å². The summed E-state index contributed by atoms with van der Waals surface area (Å²) in [4.78, 5) is 76.7. The van der Waals surface area contributed by atoms with Crippen molar-refractivity contribution in [3.63, 3.8) is 0 Å². The standard InChI is InChI=1S/C28H47N9O7/c1-18(2)24(35-23(39)16-32-22(38)15-29)26(41)34-21(7-6-12-31-27(30)42)25(40)33-20-10-8-19(9-11-20)17-44-28(43)37(5)14-13-36(3)4/h8-11,18,21,24H,6-7,12-17,29H2,1-5H3,(H,32,38)(H,33,40)(H,34,41)(H,35,39)(H3,30,31,42)/t21-,24-/m0/s1. The van der Waals surface area contributed by atoms with Gasteiger partial charge in [0.15, 0.2) is 0 Å². The summed E-state index contributed by atoms with van der Waals surface area (Å²) in [5.41, 5.74) is 11.5. The number of nitrogens with two attached hydrogens (primary N) is 2. The Morgan fingerprint density at radius 3 is 2.11 bits per heavy atom. The fourth-order valence-corrected chi connectivity index (χ4v) is 3.67. The molecule has 1 aromatic carbocycles. The molecule has 0 aliphatic carbocycles. The van der Waals surface area contributed by atoms with Crippen molar-refractivity contribution < 1.29 is 33.5 Å². The quantitative estimate of drug-likeness (QED) is 0.0986. The maximum atomic E-state index is 13.2. The van der Waals surface area contributed by atoms with Crippen LogP contribution in [0.25, 0.3) is 0 Å². The minimum absolute atomic E-state index is 0.0448. The molecule has 246 valence electrons. The molecule has 0 heterocycles. The number of amides is 7. The summed E-state index contributed by atoms with van der Waals surface area (Å²) in [5, 5.41) is 12.8. The number of hydrogen-bond acceptors (Lipinski definition) is 9. The monoisotopic (exact) mass is 621 g/mol. The Labute approximate surface area is 257 Å². The van der Waals surface area contributed by atoms with Gasteiger partial charge in [0.25, 0.3) is 0 Å². The van der Waals surface area contributed by atoms with E-state index in [1.165, 1.54) is 4.90 Å². The third kappa shape index (κ3) is 15.2. The molecule has 0 aromatic heterocycles. The second kappa shape index (κ2) is 19.7. The van der Waals surface area contributed by atoms with Crippen molar-refractivity contribution >= 4 is 41.4 Å². The van der Waals surface area contributed by atoms with Gasteiger partial charge in [0, 0.05) is 32.4 Å².